The first kappa shape index (κ1) is 23.1. The lowest BCUT2D eigenvalue weighted by Crippen LogP contribution is -2.34. The molecule has 0 spiro atoms. The van der Waals surface area contributed by atoms with E-state index in [9.17, 15) is 4.79 Å². The number of nitrogens with one attached hydrogen (secondary N) is 2. The molecule has 2 aliphatic rings. The predicted octanol–water partition coefficient (Wildman–Crippen LogP) is 5.13. The van der Waals surface area contributed by atoms with Crippen molar-refractivity contribution in [3.63, 3.8) is 0 Å². The van der Waals surface area contributed by atoms with Crippen molar-refractivity contribution in [2.24, 2.45) is 5.92 Å². The largest absolute Gasteiger partial charge is 0.362 e. The summed E-state index contributed by atoms with van der Waals surface area (Å²) in [6, 6.07) is 5.49. The van der Waals surface area contributed by atoms with Gasteiger partial charge in [0, 0.05) is 32.2 Å². The van der Waals surface area contributed by atoms with Crippen LogP contribution in [0.15, 0.2) is 18.2 Å². The number of hydrogen-bond donors (Lipinski definition) is 2. The van der Waals surface area contributed by atoms with Crippen molar-refractivity contribution < 1.29 is 4.79 Å². The highest BCUT2D eigenvalue weighted by atomic mass is 35.5. The van der Waals surface area contributed by atoms with Crippen molar-refractivity contribution in [2.75, 3.05) is 30.9 Å². The Hall–Kier alpha value is -2.05. The van der Waals surface area contributed by atoms with Crippen LogP contribution in [0.1, 0.15) is 60.1 Å². The summed E-state index contributed by atoms with van der Waals surface area (Å²) in [5, 5.41) is 7.31. The number of anilines is 2. The van der Waals surface area contributed by atoms with E-state index >= 15 is 0 Å². The Kier molecular flexibility index (Phi) is 7.41. The van der Waals surface area contributed by atoms with Crippen LogP contribution in [-0.4, -0.2) is 42.6 Å². The molecule has 1 aromatic heterocycles. The Bertz CT molecular complexity index is 973. The minimum atomic E-state index is -0.170. The van der Waals surface area contributed by atoms with Gasteiger partial charge in [-0.1, -0.05) is 29.3 Å². The van der Waals surface area contributed by atoms with Gasteiger partial charge in [0.25, 0.3) is 5.91 Å². The molecular formula is C24H31Cl2N5O. The SMILES string of the molecule is CN(C)c1nc(NC2CCC(CNC(=O)c3cccc(Cl)c3Cl)CC2)nc2c1CCCC2. The highest BCUT2D eigenvalue weighted by Crippen LogP contribution is 2.30. The molecule has 2 aromatic rings. The zero-order valence-electron chi connectivity index (χ0n) is 18.8. The van der Waals surface area contributed by atoms with Crippen LogP contribution in [0, 0.1) is 5.92 Å². The Balaban J connectivity index is 1.30. The molecule has 0 radical (unpaired) electrons. The molecule has 2 N–H and O–H groups in total. The lowest BCUT2D eigenvalue weighted by molar-refractivity contribution is 0.0943. The first-order valence-corrected chi connectivity index (χ1v) is 12.2. The van der Waals surface area contributed by atoms with E-state index in [0.717, 1.165) is 50.3 Å². The van der Waals surface area contributed by atoms with Crippen LogP contribution in [-0.2, 0) is 12.8 Å². The van der Waals surface area contributed by atoms with Gasteiger partial charge in [0.15, 0.2) is 0 Å². The van der Waals surface area contributed by atoms with Crippen molar-refractivity contribution >= 4 is 40.9 Å². The molecule has 0 unspecified atom stereocenters. The standard InChI is InChI=1S/C24H31Cl2N5O/c1-31(2)22-17-6-3-4-9-20(17)29-24(30-22)28-16-12-10-15(11-13-16)14-27-23(32)18-7-5-8-19(25)21(18)26/h5,7-8,15-16H,3-4,6,9-14H2,1-2H3,(H,27,32)(H,28,29,30). The van der Waals surface area contributed by atoms with Crippen LogP contribution in [0.4, 0.5) is 11.8 Å². The van der Waals surface area contributed by atoms with Crippen molar-refractivity contribution in [1.82, 2.24) is 15.3 Å². The number of benzene rings is 1. The van der Waals surface area contributed by atoms with Gasteiger partial charge in [-0.15, -0.1) is 0 Å². The number of hydrogen-bond acceptors (Lipinski definition) is 5. The third-order valence-electron chi connectivity index (χ3n) is 6.51. The quantitative estimate of drug-likeness (QED) is 0.605. The fourth-order valence-corrected chi connectivity index (χ4v) is 5.10. The molecule has 1 aromatic carbocycles. The molecule has 4 rings (SSSR count). The second-order valence-corrected chi connectivity index (χ2v) is 9.86. The maximum atomic E-state index is 12.5. The summed E-state index contributed by atoms with van der Waals surface area (Å²) >= 11 is 12.2. The highest BCUT2D eigenvalue weighted by Gasteiger charge is 2.24. The Morgan fingerprint density at radius 1 is 1.09 bits per heavy atom. The molecule has 32 heavy (non-hydrogen) atoms. The highest BCUT2D eigenvalue weighted by molar-refractivity contribution is 6.43. The number of carbonyl (C=O) groups is 1. The van der Waals surface area contributed by atoms with Gasteiger partial charge < -0.3 is 15.5 Å². The van der Waals surface area contributed by atoms with E-state index in [1.165, 1.54) is 24.1 Å². The number of aryl methyl sites for hydroxylation is 1. The zero-order valence-corrected chi connectivity index (χ0v) is 20.3. The third kappa shape index (κ3) is 5.29. The van der Waals surface area contributed by atoms with Crippen LogP contribution in [0.2, 0.25) is 10.0 Å². The molecular weight excluding hydrogens is 445 g/mol. The van der Waals surface area contributed by atoms with Crippen LogP contribution < -0.4 is 15.5 Å². The van der Waals surface area contributed by atoms with Gasteiger partial charge in [0.05, 0.1) is 21.3 Å². The second-order valence-electron chi connectivity index (χ2n) is 9.07. The first-order valence-electron chi connectivity index (χ1n) is 11.5. The summed E-state index contributed by atoms with van der Waals surface area (Å²) in [6.07, 6.45) is 8.70. The monoisotopic (exact) mass is 475 g/mol. The van der Waals surface area contributed by atoms with Crippen LogP contribution in [0.25, 0.3) is 0 Å². The average molecular weight is 476 g/mol. The van der Waals surface area contributed by atoms with E-state index in [4.69, 9.17) is 33.2 Å². The number of aromatic nitrogens is 2. The maximum absolute atomic E-state index is 12.5. The van der Waals surface area contributed by atoms with Gasteiger partial charge >= 0.3 is 0 Å². The lowest BCUT2D eigenvalue weighted by atomic mass is 9.86. The molecule has 0 bridgehead atoms. The van der Waals surface area contributed by atoms with Crippen molar-refractivity contribution in [3.05, 3.63) is 45.1 Å². The van der Waals surface area contributed by atoms with E-state index in [-0.39, 0.29) is 5.91 Å². The molecule has 172 valence electrons. The number of rotatable bonds is 6. The Morgan fingerprint density at radius 2 is 1.84 bits per heavy atom. The lowest BCUT2D eigenvalue weighted by Gasteiger charge is -2.30. The molecule has 0 atom stereocenters. The van der Waals surface area contributed by atoms with E-state index < -0.39 is 0 Å². The molecule has 2 aliphatic carbocycles. The fourth-order valence-electron chi connectivity index (χ4n) is 4.71. The van der Waals surface area contributed by atoms with Crippen LogP contribution >= 0.6 is 23.2 Å². The van der Waals surface area contributed by atoms with E-state index in [0.29, 0.717) is 34.1 Å². The van der Waals surface area contributed by atoms with Gasteiger partial charge in [0.2, 0.25) is 5.95 Å². The summed E-state index contributed by atoms with van der Waals surface area (Å²) in [5.74, 6) is 2.09. The molecule has 8 heteroatoms. The van der Waals surface area contributed by atoms with E-state index in [2.05, 4.69) is 29.6 Å². The average Bonchev–Trinajstić information content (AvgIpc) is 2.79. The molecule has 1 amide bonds. The fraction of sp³-hybridized carbons (Fsp3) is 0.542. The summed E-state index contributed by atoms with van der Waals surface area (Å²) in [5.41, 5.74) is 2.94. The first-order chi connectivity index (χ1) is 15.4. The molecule has 1 saturated carbocycles. The normalized spacial score (nSPS) is 20.4. The smallest absolute Gasteiger partial charge is 0.252 e. The summed E-state index contributed by atoms with van der Waals surface area (Å²) in [4.78, 5) is 24.3. The zero-order chi connectivity index (χ0) is 22.7. The Labute approximate surface area is 200 Å². The second kappa shape index (κ2) is 10.3. The van der Waals surface area contributed by atoms with Gasteiger partial charge in [0.1, 0.15) is 5.82 Å². The number of carbonyl (C=O) groups excluding carboxylic acids is 1. The topological polar surface area (TPSA) is 70.2 Å². The van der Waals surface area contributed by atoms with Crippen molar-refractivity contribution in [1.29, 1.82) is 0 Å². The summed E-state index contributed by atoms with van der Waals surface area (Å²) < 4.78 is 0. The van der Waals surface area contributed by atoms with E-state index in [1.54, 1.807) is 18.2 Å². The predicted molar refractivity (Wildman–Crippen MR) is 131 cm³/mol. The van der Waals surface area contributed by atoms with Crippen molar-refractivity contribution in [3.8, 4) is 0 Å². The third-order valence-corrected chi connectivity index (χ3v) is 7.33. The van der Waals surface area contributed by atoms with Gasteiger partial charge in [-0.05, 0) is 69.4 Å². The molecule has 0 aliphatic heterocycles. The number of halogens is 2. The number of fused-ring (bicyclic) bond motifs is 1. The molecule has 6 nitrogen and oxygen atoms in total. The van der Waals surface area contributed by atoms with Crippen molar-refractivity contribution in [2.45, 2.75) is 57.4 Å². The molecule has 1 fully saturated rings. The summed E-state index contributed by atoms with van der Waals surface area (Å²) in [7, 11) is 4.11. The number of nitrogens with zero attached hydrogens (tertiary/aromatic N) is 3. The minimum absolute atomic E-state index is 0.170. The molecule has 1 heterocycles. The summed E-state index contributed by atoms with van der Waals surface area (Å²) in [6.45, 7) is 0.647. The maximum Gasteiger partial charge on any atom is 0.252 e. The van der Waals surface area contributed by atoms with E-state index in [1.807, 2.05) is 0 Å². The molecule has 0 saturated heterocycles. The van der Waals surface area contributed by atoms with Gasteiger partial charge in [-0.25, -0.2) is 4.98 Å². The van der Waals surface area contributed by atoms with Crippen LogP contribution in [0.3, 0.4) is 0 Å². The Morgan fingerprint density at radius 3 is 2.59 bits per heavy atom. The minimum Gasteiger partial charge on any atom is -0.362 e. The number of amides is 1. The van der Waals surface area contributed by atoms with Gasteiger partial charge in [-0.2, -0.15) is 4.98 Å². The van der Waals surface area contributed by atoms with Gasteiger partial charge in [-0.3, -0.25) is 4.79 Å². The van der Waals surface area contributed by atoms with Crippen LogP contribution in [0.5, 0.6) is 0 Å².